The number of rotatable bonds is 5. The number of aromatic amines is 1. The molecule has 2 amide bonds. The highest BCUT2D eigenvalue weighted by Crippen LogP contribution is 2.15. The van der Waals surface area contributed by atoms with Crippen molar-refractivity contribution < 1.29 is 14.7 Å². The Morgan fingerprint density at radius 1 is 1.29 bits per heavy atom. The third kappa shape index (κ3) is 3.82. The van der Waals surface area contributed by atoms with Crippen LogP contribution in [0.1, 0.15) is 5.56 Å². The molecule has 1 aromatic carbocycles. The largest absolute Gasteiger partial charge is 0.480 e. The Morgan fingerprint density at radius 3 is 2.57 bits per heavy atom. The molecule has 2 aromatic rings. The molecule has 0 bridgehead atoms. The molecule has 0 atom stereocenters. The number of anilines is 1. The zero-order valence-electron chi connectivity index (χ0n) is 11.6. The average Bonchev–Trinajstić information content (AvgIpc) is 2.97. The molecule has 0 aliphatic rings. The molecule has 0 spiro atoms. The second kappa shape index (κ2) is 6.56. The summed E-state index contributed by atoms with van der Waals surface area (Å²) in [6.45, 7) is -0.0448. The van der Waals surface area contributed by atoms with E-state index in [0.29, 0.717) is 12.2 Å². The van der Waals surface area contributed by atoms with E-state index in [-0.39, 0.29) is 6.03 Å². The van der Waals surface area contributed by atoms with Crippen LogP contribution < -0.4 is 4.90 Å². The fourth-order valence-electron chi connectivity index (χ4n) is 1.92. The van der Waals surface area contributed by atoms with Gasteiger partial charge in [0.25, 0.3) is 0 Å². The van der Waals surface area contributed by atoms with E-state index in [1.807, 2.05) is 6.07 Å². The molecule has 7 heteroatoms. The summed E-state index contributed by atoms with van der Waals surface area (Å²) in [5.41, 5.74) is 1.39. The molecular weight excluding hydrogens is 272 g/mol. The molecule has 7 nitrogen and oxygen atoms in total. The van der Waals surface area contributed by atoms with Crippen LogP contribution in [0.25, 0.3) is 0 Å². The van der Waals surface area contributed by atoms with Crippen molar-refractivity contribution in [2.24, 2.45) is 0 Å². The fourth-order valence-corrected chi connectivity index (χ4v) is 1.92. The lowest BCUT2D eigenvalue weighted by atomic mass is 10.3. The Hall–Kier alpha value is -2.83. The Labute approximate surface area is 121 Å². The van der Waals surface area contributed by atoms with Crippen molar-refractivity contribution in [3.63, 3.8) is 0 Å². The van der Waals surface area contributed by atoms with Crippen molar-refractivity contribution >= 4 is 17.7 Å². The van der Waals surface area contributed by atoms with Gasteiger partial charge in [0.05, 0.1) is 12.7 Å². The van der Waals surface area contributed by atoms with E-state index in [1.54, 1.807) is 43.7 Å². The lowest BCUT2D eigenvalue weighted by molar-refractivity contribution is -0.135. The molecule has 0 saturated carbocycles. The molecule has 2 rings (SSSR count). The normalized spacial score (nSPS) is 10.1. The number of aliphatic carboxylic acids is 1. The van der Waals surface area contributed by atoms with Gasteiger partial charge >= 0.3 is 12.0 Å². The summed E-state index contributed by atoms with van der Waals surface area (Å²) in [5.74, 6) is -1.07. The molecular formula is C14H16N4O3. The van der Waals surface area contributed by atoms with Gasteiger partial charge in [-0.25, -0.2) is 4.79 Å². The number of hydrogen-bond donors (Lipinski definition) is 2. The van der Waals surface area contributed by atoms with Crippen LogP contribution >= 0.6 is 0 Å². The van der Waals surface area contributed by atoms with E-state index in [1.165, 1.54) is 9.80 Å². The summed E-state index contributed by atoms with van der Waals surface area (Å²) in [5, 5.41) is 15.5. The molecule has 0 saturated heterocycles. The fraction of sp³-hybridized carbons (Fsp3) is 0.214. The van der Waals surface area contributed by atoms with E-state index in [0.717, 1.165) is 5.56 Å². The summed E-state index contributed by atoms with van der Waals surface area (Å²) >= 11 is 0. The Balaban J connectivity index is 2.16. The molecule has 0 unspecified atom stereocenters. The molecule has 0 aliphatic heterocycles. The zero-order chi connectivity index (χ0) is 15.2. The van der Waals surface area contributed by atoms with E-state index in [9.17, 15) is 9.59 Å². The highest BCUT2D eigenvalue weighted by molar-refractivity contribution is 5.96. The number of nitrogens with zero attached hydrogens (tertiary/aromatic N) is 3. The van der Waals surface area contributed by atoms with Gasteiger partial charge in [-0.2, -0.15) is 5.10 Å². The van der Waals surface area contributed by atoms with Crippen LogP contribution in [0.15, 0.2) is 42.7 Å². The first-order valence-corrected chi connectivity index (χ1v) is 6.35. The third-order valence-electron chi connectivity index (χ3n) is 2.89. The monoisotopic (exact) mass is 288 g/mol. The first-order chi connectivity index (χ1) is 10.1. The number of H-pyrrole nitrogens is 1. The number of carbonyl (C=O) groups excluding carboxylic acids is 1. The smallest absolute Gasteiger partial charge is 0.325 e. The second-order valence-corrected chi connectivity index (χ2v) is 4.56. The highest BCUT2D eigenvalue weighted by atomic mass is 16.4. The maximum atomic E-state index is 12.5. The van der Waals surface area contributed by atoms with Crippen LogP contribution in [-0.2, 0) is 11.3 Å². The Morgan fingerprint density at radius 2 is 2.00 bits per heavy atom. The number of hydrogen-bond acceptors (Lipinski definition) is 3. The zero-order valence-corrected chi connectivity index (χ0v) is 11.6. The molecule has 1 heterocycles. The summed E-state index contributed by atoms with van der Waals surface area (Å²) in [4.78, 5) is 26.1. The van der Waals surface area contributed by atoms with Crippen LogP contribution in [-0.4, -0.2) is 45.8 Å². The van der Waals surface area contributed by atoms with E-state index >= 15 is 0 Å². The van der Waals surface area contributed by atoms with Crippen LogP contribution in [0.2, 0.25) is 0 Å². The third-order valence-corrected chi connectivity index (χ3v) is 2.89. The van der Waals surface area contributed by atoms with Gasteiger partial charge < -0.3 is 10.0 Å². The van der Waals surface area contributed by atoms with Gasteiger partial charge in [-0.05, 0) is 12.1 Å². The number of amides is 2. The molecule has 0 radical (unpaired) electrons. The van der Waals surface area contributed by atoms with Gasteiger partial charge in [-0.3, -0.25) is 14.8 Å². The topological polar surface area (TPSA) is 89.5 Å². The molecule has 0 fully saturated rings. The lowest BCUT2D eigenvalue weighted by Crippen LogP contribution is -2.43. The highest BCUT2D eigenvalue weighted by Gasteiger charge is 2.22. The van der Waals surface area contributed by atoms with Crippen molar-refractivity contribution in [2.75, 3.05) is 18.5 Å². The summed E-state index contributed by atoms with van der Waals surface area (Å²) < 4.78 is 0. The van der Waals surface area contributed by atoms with Gasteiger partial charge in [-0.1, -0.05) is 18.2 Å². The van der Waals surface area contributed by atoms with Gasteiger partial charge in [0.2, 0.25) is 0 Å². The maximum Gasteiger partial charge on any atom is 0.325 e. The number of urea groups is 1. The molecule has 110 valence electrons. The minimum atomic E-state index is -1.07. The molecule has 2 N–H and O–H groups in total. The molecule has 0 aliphatic carbocycles. The predicted molar refractivity (Wildman–Crippen MR) is 76.9 cm³/mol. The number of aromatic nitrogens is 2. The first-order valence-electron chi connectivity index (χ1n) is 6.35. The minimum Gasteiger partial charge on any atom is -0.480 e. The van der Waals surface area contributed by atoms with Crippen molar-refractivity contribution in [3.05, 3.63) is 48.3 Å². The Kier molecular flexibility index (Phi) is 4.55. The average molecular weight is 288 g/mol. The van der Waals surface area contributed by atoms with Crippen molar-refractivity contribution in [1.29, 1.82) is 0 Å². The van der Waals surface area contributed by atoms with Gasteiger partial charge in [0, 0.05) is 24.5 Å². The van der Waals surface area contributed by atoms with Gasteiger partial charge in [0.1, 0.15) is 6.54 Å². The number of carboxylic acids is 1. The second-order valence-electron chi connectivity index (χ2n) is 4.56. The first kappa shape index (κ1) is 14.6. The molecule has 21 heavy (non-hydrogen) atoms. The van der Waals surface area contributed by atoms with Crippen LogP contribution in [0.5, 0.6) is 0 Å². The van der Waals surface area contributed by atoms with Crippen LogP contribution in [0.4, 0.5) is 10.5 Å². The van der Waals surface area contributed by atoms with Crippen LogP contribution in [0.3, 0.4) is 0 Å². The lowest BCUT2D eigenvalue weighted by Gasteiger charge is -2.26. The standard InChI is InChI=1S/C14H16N4O3/c1-17(9-11-7-15-16-8-11)14(21)18(10-13(19)20)12-5-3-2-4-6-12/h2-8H,9-10H2,1H3,(H,15,16)(H,19,20). The minimum absolute atomic E-state index is 0.346. The summed E-state index contributed by atoms with van der Waals surface area (Å²) in [7, 11) is 1.62. The summed E-state index contributed by atoms with van der Waals surface area (Å²) in [6, 6.07) is 8.34. The van der Waals surface area contributed by atoms with Crippen molar-refractivity contribution in [3.8, 4) is 0 Å². The SMILES string of the molecule is CN(Cc1cn[nH]c1)C(=O)N(CC(=O)O)c1ccccc1. The van der Waals surface area contributed by atoms with E-state index < -0.39 is 12.5 Å². The van der Waals surface area contributed by atoms with Crippen molar-refractivity contribution in [2.45, 2.75) is 6.54 Å². The Bertz CT molecular complexity index is 598. The van der Waals surface area contributed by atoms with Gasteiger partial charge in [0.15, 0.2) is 0 Å². The van der Waals surface area contributed by atoms with Crippen LogP contribution in [0, 0.1) is 0 Å². The van der Waals surface area contributed by atoms with Crippen molar-refractivity contribution in [1.82, 2.24) is 15.1 Å². The number of carbonyl (C=O) groups is 2. The quantitative estimate of drug-likeness (QED) is 0.873. The van der Waals surface area contributed by atoms with E-state index in [4.69, 9.17) is 5.11 Å². The summed E-state index contributed by atoms with van der Waals surface area (Å²) in [6.07, 6.45) is 3.31. The molecule has 1 aromatic heterocycles. The van der Waals surface area contributed by atoms with Gasteiger partial charge in [-0.15, -0.1) is 0 Å². The number of benzene rings is 1. The number of carboxylic acid groups (broad SMARTS) is 1. The predicted octanol–water partition coefficient (Wildman–Crippen LogP) is 1.55. The number of para-hydroxylation sites is 1. The number of nitrogens with one attached hydrogen (secondary N) is 1. The van der Waals surface area contributed by atoms with E-state index in [2.05, 4.69) is 10.2 Å². The maximum absolute atomic E-state index is 12.5.